The van der Waals surface area contributed by atoms with Crippen molar-refractivity contribution in [1.29, 1.82) is 0 Å². The monoisotopic (exact) mass is 237 g/mol. The number of nitrogens with one attached hydrogen (secondary N) is 1. The molecule has 1 aromatic carbocycles. The minimum Gasteiger partial charge on any atom is -0.367 e. The summed E-state index contributed by atoms with van der Waals surface area (Å²) >= 11 is 0. The Morgan fingerprint density at radius 3 is 2.31 bits per heavy atom. The smallest absolute Gasteiger partial charge is 0.0370 e. The van der Waals surface area contributed by atoms with E-state index in [1.165, 1.54) is 30.5 Å². The van der Waals surface area contributed by atoms with E-state index in [2.05, 4.69) is 56.8 Å². The zero-order chi connectivity index (χ0) is 12.0. The number of anilines is 1. The van der Waals surface area contributed by atoms with Gasteiger partial charge >= 0.3 is 0 Å². The van der Waals surface area contributed by atoms with E-state index in [1.54, 1.807) is 0 Å². The molecule has 0 aliphatic heterocycles. The molecule has 0 fully saturated rings. The van der Waals surface area contributed by atoms with Gasteiger partial charge in [-0.15, -0.1) is 0 Å². The van der Waals surface area contributed by atoms with Gasteiger partial charge in [-0.1, -0.05) is 39.3 Å². The van der Waals surface area contributed by atoms with Crippen LogP contribution in [0.1, 0.15) is 39.2 Å². The summed E-state index contributed by atoms with van der Waals surface area (Å²) in [7, 11) is 0.772. The lowest BCUT2D eigenvalue weighted by Gasteiger charge is -2.24. The van der Waals surface area contributed by atoms with Crippen molar-refractivity contribution in [2.75, 3.05) is 11.8 Å². The van der Waals surface area contributed by atoms with Gasteiger partial charge in [-0.05, 0) is 51.3 Å². The van der Waals surface area contributed by atoms with E-state index < -0.39 is 0 Å². The van der Waals surface area contributed by atoms with Crippen molar-refractivity contribution in [3.05, 3.63) is 29.8 Å². The lowest BCUT2D eigenvalue weighted by molar-refractivity contribution is 0.329. The van der Waals surface area contributed by atoms with Gasteiger partial charge in [-0.2, -0.15) is 0 Å². The van der Waals surface area contributed by atoms with E-state index in [0.717, 1.165) is 8.73 Å². The highest BCUT2D eigenvalue weighted by atomic mass is 31.1. The molecule has 0 amide bonds. The minimum absolute atomic E-state index is 0.427. The molecule has 1 nitrogen and oxygen atoms in total. The van der Waals surface area contributed by atoms with Crippen LogP contribution in [0.25, 0.3) is 0 Å². The van der Waals surface area contributed by atoms with Crippen LogP contribution in [0.2, 0.25) is 0 Å². The van der Waals surface area contributed by atoms with Crippen LogP contribution in [-0.4, -0.2) is 6.66 Å². The maximum absolute atomic E-state index is 3.35. The van der Waals surface area contributed by atoms with E-state index in [0.29, 0.717) is 5.41 Å². The Balaban J connectivity index is 2.61. The van der Waals surface area contributed by atoms with Gasteiger partial charge in [0, 0.05) is 5.69 Å². The summed E-state index contributed by atoms with van der Waals surface area (Å²) in [5, 5.41) is 3.35. The van der Waals surface area contributed by atoms with Crippen LogP contribution in [0.3, 0.4) is 0 Å². The molecule has 0 saturated carbocycles. The first kappa shape index (κ1) is 13.5. The molecular weight excluding hydrogens is 213 g/mol. The van der Waals surface area contributed by atoms with Crippen LogP contribution < -0.4 is 5.09 Å². The zero-order valence-electron chi connectivity index (χ0n) is 10.9. The largest absolute Gasteiger partial charge is 0.367 e. The van der Waals surface area contributed by atoms with Crippen molar-refractivity contribution >= 4 is 14.4 Å². The Morgan fingerprint density at radius 1 is 1.19 bits per heavy atom. The summed E-state index contributed by atoms with van der Waals surface area (Å²) in [5.41, 5.74) is 3.11. The Morgan fingerprint density at radius 2 is 1.81 bits per heavy atom. The average Bonchev–Trinajstić information content (AvgIpc) is 2.21. The van der Waals surface area contributed by atoms with Crippen LogP contribution >= 0.6 is 8.73 Å². The van der Waals surface area contributed by atoms with Gasteiger partial charge in [-0.3, -0.25) is 0 Å². The van der Waals surface area contributed by atoms with Gasteiger partial charge in [-0.25, -0.2) is 0 Å². The van der Waals surface area contributed by atoms with Gasteiger partial charge in [0.2, 0.25) is 0 Å². The highest BCUT2D eigenvalue weighted by Gasteiger charge is 2.16. The summed E-state index contributed by atoms with van der Waals surface area (Å²) in [5.74, 6) is 0. The second kappa shape index (κ2) is 6.25. The molecule has 90 valence electrons. The van der Waals surface area contributed by atoms with Gasteiger partial charge in [0.1, 0.15) is 0 Å². The molecule has 0 spiro atoms. The third-order valence-corrected chi connectivity index (χ3v) is 3.37. The van der Waals surface area contributed by atoms with Crippen molar-refractivity contribution < 1.29 is 0 Å². The predicted molar refractivity (Wildman–Crippen MR) is 76.7 cm³/mol. The second-order valence-corrected chi connectivity index (χ2v) is 5.91. The third-order valence-electron chi connectivity index (χ3n) is 2.83. The molecule has 1 unspecified atom stereocenters. The summed E-state index contributed by atoms with van der Waals surface area (Å²) in [4.78, 5) is 0. The molecule has 1 N–H and O–H groups in total. The number of hydrogen-bond acceptors (Lipinski definition) is 1. The highest BCUT2D eigenvalue weighted by Crippen LogP contribution is 2.28. The van der Waals surface area contributed by atoms with E-state index >= 15 is 0 Å². The summed E-state index contributed by atoms with van der Waals surface area (Å²) < 4.78 is 0. The maximum Gasteiger partial charge on any atom is 0.0370 e. The Hall–Kier alpha value is -0.550. The fourth-order valence-corrected chi connectivity index (χ4v) is 2.62. The fourth-order valence-electron chi connectivity index (χ4n) is 2.17. The van der Waals surface area contributed by atoms with Gasteiger partial charge in [0.05, 0.1) is 0 Å². The molecule has 0 heterocycles. The van der Waals surface area contributed by atoms with Crippen molar-refractivity contribution in [1.82, 2.24) is 0 Å². The third kappa shape index (κ3) is 4.53. The molecule has 0 aliphatic rings. The van der Waals surface area contributed by atoms with Crippen molar-refractivity contribution in [3.8, 4) is 0 Å². The quantitative estimate of drug-likeness (QED) is 0.708. The standard InChI is InChI=1S/C14H24NP/c1-5-10-14(2,3)11-12-6-8-13(9-7-12)15-16-4/h6-9,15-16H,5,10-11H2,1-4H3. The van der Waals surface area contributed by atoms with Crippen LogP contribution in [0.5, 0.6) is 0 Å². The maximum atomic E-state index is 3.35. The van der Waals surface area contributed by atoms with Gasteiger partial charge in [0.25, 0.3) is 0 Å². The molecular formula is C14H24NP. The van der Waals surface area contributed by atoms with Crippen LogP contribution in [0, 0.1) is 5.41 Å². The predicted octanol–water partition coefficient (Wildman–Crippen LogP) is 4.69. The SMILES string of the molecule is CCCC(C)(C)Cc1ccc(NPC)cc1. The van der Waals surface area contributed by atoms with Crippen LogP contribution in [0.15, 0.2) is 24.3 Å². The molecule has 2 heteroatoms. The molecule has 1 atom stereocenters. The van der Waals surface area contributed by atoms with Crippen LogP contribution in [0.4, 0.5) is 5.69 Å². The van der Waals surface area contributed by atoms with E-state index in [4.69, 9.17) is 0 Å². The minimum atomic E-state index is 0.427. The average molecular weight is 237 g/mol. The molecule has 1 rings (SSSR count). The Kier molecular flexibility index (Phi) is 5.28. The Bertz CT molecular complexity index is 303. The summed E-state index contributed by atoms with van der Waals surface area (Å²) in [6.07, 6.45) is 3.74. The molecule has 0 aromatic heterocycles. The van der Waals surface area contributed by atoms with E-state index in [9.17, 15) is 0 Å². The summed E-state index contributed by atoms with van der Waals surface area (Å²) in [6, 6.07) is 8.88. The Labute approximate surface area is 102 Å². The number of benzene rings is 1. The fraction of sp³-hybridized carbons (Fsp3) is 0.571. The molecule has 0 bridgehead atoms. The first-order valence-electron chi connectivity index (χ1n) is 6.09. The molecule has 1 aromatic rings. The molecule has 0 saturated heterocycles. The number of hydrogen-bond donors (Lipinski definition) is 1. The zero-order valence-corrected chi connectivity index (χ0v) is 11.9. The molecule has 16 heavy (non-hydrogen) atoms. The molecule has 0 radical (unpaired) electrons. The van der Waals surface area contributed by atoms with Crippen molar-refractivity contribution in [2.24, 2.45) is 5.41 Å². The molecule has 0 aliphatic carbocycles. The lowest BCUT2D eigenvalue weighted by atomic mass is 9.82. The number of rotatable bonds is 6. The first-order chi connectivity index (χ1) is 7.57. The van der Waals surface area contributed by atoms with Gasteiger partial charge in [0.15, 0.2) is 0 Å². The topological polar surface area (TPSA) is 12.0 Å². The lowest BCUT2D eigenvalue weighted by Crippen LogP contribution is -2.14. The van der Waals surface area contributed by atoms with Crippen LogP contribution in [-0.2, 0) is 6.42 Å². The highest BCUT2D eigenvalue weighted by molar-refractivity contribution is 7.38. The van der Waals surface area contributed by atoms with Crippen molar-refractivity contribution in [3.63, 3.8) is 0 Å². The second-order valence-electron chi connectivity index (χ2n) is 5.16. The summed E-state index contributed by atoms with van der Waals surface area (Å²) in [6.45, 7) is 9.13. The normalized spacial score (nSPS) is 12.2. The van der Waals surface area contributed by atoms with E-state index in [1.807, 2.05) is 0 Å². The first-order valence-corrected chi connectivity index (χ1v) is 7.59. The van der Waals surface area contributed by atoms with Gasteiger partial charge < -0.3 is 5.09 Å². The van der Waals surface area contributed by atoms with Crippen molar-refractivity contribution in [2.45, 2.75) is 40.0 Å². The van der Waals surface area contributed by atoms with E-state index in [-0.39, 0.29) is 0 Å².